The van der Waals surface area contributed by atoms with Gasteiger partial charge in [-0.2, -0.15) is 0 Å². The van der Waals surface area contributed by atoms with Crippen molar-refractivity contribution in [1.82, 2.24) is 30.6 Å². The molecule has 0 aliphatic carbocycles. The molecule has 1 aromatic carbocycles. The van der Waals surface area contributed by atoms with Crippen LogP contribution in [0.5, 0.6) is 0 Å². The zero-order valence-corrected chi connectivity index (χ0v) is 13.4. The number of rotatable bonds is 5. The highest BCUT2D eigenvalue weighted by atomic mass is 35.5. The van der Waals surface area contributed by atoms with Crippen LogP contribution in [0.1, 0.15) is 11.3 Å². The van der Waals surface area contributed by atoms with Crippen LogP contribution in [0.15, 0.2) is 55.0 Å². The average molecular weight is 343 g/mol. The predicted molar refractivity (Wildman–Crippen MR) is 89.7 cm³/mol. The fourth-order valence-electron chi connectivity index (χ4n) is 2.01. The maximum atomic E-state index is 11.8. The van der Waals surface area contributed by atoms with E-state index >= 15 is 0 Å². The monoisotopic (exact) mass is 342 g/mol. The lowest BCUT2D eigenvalue weighted by Gasteiger charge is -2.06. The van der Waals surface area contributed by atoms with Crippen molar-refractivity contribution in [2.75, 3.05) is 0 Å². The van der Waals surface area contributed by atoms with Crippen LogP contribution in [-0.2, 0) is 13.1 Å². The molecule has 8 heteroatoms. The summed E-state index contributed by atoms with van der Waals surface area (Å²) >= 11 is 5.82. The molecule has 2 N–H and O–H groups in total. The van der Waals surface area contributed by atoms with Gasteiger partial charge in [0.15, 0.2) is 0 Å². The van der Waals surface area contributed by atoms with Crippen molar-refractivity contribution < 1.29 is 4.79 Å². The molecule has 0 saturated carbocycles. The molecule has 0 radical (unpaired) electrons. The number of halogens is 1. The highest BCUT2D eigenvalue weighted by Crippen LogP contribution is 2.09. The smallest absolute Gasteiger partial charge is 0.315 e. The van der Waals surface area contributed by atoms with E-state index in [1.807, 2.05) is 24.3 Å². The van der Waals surface area contributed by atoms with Crippen LogP contribution >= 0.6 is 11.6 Å². The summed E-state index contributed by atoms with van der Waals surface area (Å²) < 4.78 is 1.61. The SMILES string of the molecule is O=C(NCc1ccc(Cl)cc1)NCc1cn(-c2cccnc2)nn1. The molecule has 0 unspecified atom stereocenters. The van der Waals surface area contributed by atoms with E-state index in [0.29, 0.717) is 17.3 Å². The minimum atomic E-state index is -0.277. The highest BCUT2D eigenvalue weighted by molar-refractivity contribution is 6.30. The fourth-order valence-corrected chi connectivity index (χ4v) is 2.14. The number of carbonyl (C=O) groups is 1. The van der Waals surface area contributed by atoms with Gasteiger partial charge in [-0.05, 0) is 29.8 Å². The summed E-state index contributed by atoms with van der Waals surface area (Å²) in [4.78, 5) is 15.8. The van der Waals surface area contributed by atoms with Gasteiger partial charge in [0, 0.05) is 17.8 Å². The van der Waals surface area contributed by atoms with E-state index in [1.165, 1.54) is 0 Å². The number of carbonyl (C=O) groups excluding carboxylic acids is 1. The molecule has 122 valence electrons. The summed E-state index contributed by atoms with van der Waals surface area (Å²) in [7, 11) is 0. The third-order valence-corrected chi connectivity index (χ3v) is 3.50. The molecule has 2 amide bonds. The van der Waals surface area contributed by atoms with Crippen molar-refractivity contribution in [3.63, 3.8) is 0 Å². The van der Waals surface area contributed by atoms with Crippen molar-refractivity contribution in [1.29, 1.82) is 0 Å². The molecular weight excluding hydrogens is 328 g/mol. The minimum absolute atomic E-state index is 0.277. The molecular formula is C16H15ClN6O. The normalized spacial score (nSPS) is 10.4. The lowest BCUT2D eigenvalue weighted by molar-refractivity contribution is 0.240. The van der Waals surface area contributed by atoms with Crippen LogP contribution in [0.25, 0.3) is 5.69 Å². The maximum absolute atomic E-state index is 11.8. The average Bonchev–Trinajstić information content (AvgIpc) is 3.09. The summed E-state index contributed by atoms with van der Waals surface area (Å²) in [5, 5.41) is 14.2. The number of benzene rings is 1. The third-order valence-electron chi connectivity index (χ3n) is 3.25. The summed E-state index contributed by atoms with van der Waals surface area (Å²) in [6, 6.07) is 10.7. The Kier molecular flexibility index (Phi) is 5.02. The first-order valence-corrected chi connectivity index (χ1v) is 7.66. The molecule has 2 heterocycles. The Bertz CT molecular complexity index is 803. The molecule has 0 spiro atoms. The lowest BCUT2D eigenvalue weighted by atomic mass is 10.2. The standard InChI is InChI=1S/C16H15ClN6O/c17-13-5-3-12(4-6-13)8-19-16(24)20-9-14-11-23(22-21-14)15-2-1-7-18-10-15/h1-7,10-11H,8-9H2,(H2,19,20,24). The van der Waals surface area contributed by atoms with Crippen molar-refractivity contribution in [3.8, 4) is 5.69 Å². The Hall–Kier alpha value is -2.93. The van der Waals surface area contributed by atoms with Gasteiger partial charge in [0.05, 0.1) is 24.6 Å². The van der Waals surface area contributed by atoms with E-state index in [2.05, 4.69) is 25.9 Å². The minimum Gasteiger partial charge on any atom is -0.334 e. The van der Waals surface area contributed by atoms with Gasteiger partial charge in [-0.15, -0.1) is 5.10 Å². The Morgan fingerprint density at radius 1 is 1.12 bits per heavy atom. The second-order valence-corrected chi connectivity index (χ2v) is 5.46. The Morgan fingerprint density at radius 2 is 1.92 bits per heavy atom. The number of aromatic nitrogens is 4. The molecule has 3 aromatic rings. The molecule has 24 heavy (non-hydrogen) atoms. The van der Waals surface area contributed by atoms with Crippen molar-refractivity contribution in [3.05, 3.63) is 71.3 Å². The van der Waals surface area contributed by atoms with Crippen LogP contribution in [0.2, 0.25) is 5.02 Å². The van der Waals surface area contributed by atoms with E-state index in [-0.39, 0.29) is 12.6 Å². The number of nitrogens with one attached hydrogen (secondary N) is 2. The number of nitrogens with zero attached hydrogens (tertiary/aromatic N) is 4. The number of hydrogen-bond acceptors (Lipinski definition) is 4. The van der Waals surface area contributed by atoms with E-state index in [1.54, 1.807) is 35.4 Å². The van der Waals surface area contributed by atoms with E-state index in [9.17, 15) is 4.79 Å². The first kappa shape index (κ1) is 15.9. The van der Waals surface area contributed by atoms with Gasteiger partial charge < -0.3 is 10.6 Å². The molecule has 0 saturated heterocycles. The Balaban J connectivity index is 1.48. The van der Waals surface area contributed by atoms with Crippen LogP contribution in [0.3, 0.4) is 0 Å². The van der Waals surface area contributed by atoms with Gasteiger partial charge in [-0.3, -0.25) is 4.98 Å². The summed E-state index contributed by atoms with van der Waals surface area (Å²) in [6.07, 6.45) is 5.12. The molecule has 3 rings (SSSR count). The van der Waals surface area contributed by atoms with Crippen molar-refractivity contribution >= 4 is 17.6 Å². The summed E-state index contributed by atoms with van der Waals surface area (Å²) in [6.45, 7) is 0.706. The van der Waals surface area contributed by atoms with Crippen molar-refractivity contribution in [2.45, 2.75) is 13.1 Å². The van der Waals surface area contributed by atoms with Gasteiger partial charge in [0.25, 0.3) is 0 Å². The zero-order valence-electron chi connectivity index (χ0n) is 12.7. The first-order valence-electron chi connectivity index (χ1n) is 7.28. The molecule has 0 bridgehead atoms. The van der Waals surface area contributed by atoms with Gasteiger partial charge in [0.2, 0.25) is 0 Å². The predicted octanol–water partition coefficient (Wildman–Crippen LogP) is 2.32. The molecule has 7 nitrogen and oxygen atoms in total. The molecule has 0 aliphatic rings. The van der Waals surface area contributed by atoms with Crippen LogP contribution in [0, 0.1) is 0 Å². The topological polar surface area (TPSA) is 84.7 Å². The Labute approximate surface area is 143 Å². The highest BCUT2D eigenvalue weighted by Gasteiger charge is 2.05. The van der Waals surface area contributed by atoms with E-state index in [4.69, 9.17) is 11.6 Å². The second kappa shape index (κ2) is 7.56. The summed E-state index contributed by atoms with van der Waals surface area (Å²) in [5.74, 6) is 0. The summed E-state index contributed by atoms with van der Waals surface area (Å²) in [5.41, 5.74) is 2.43. The Morgan fingerprint density at radius 3 is 2.67 bits per heavy atom. The van der Waals surface area contributed by atoms with Gasteiger partial charge in [-0.25, -0.2) is 9.48 Å². The van der Waals surface area contributed by atoms with Crippen molar-refractivity contribution in [2.24, 2.45) is 0 Å². The third kappa shape index (κ3) is 4.30. The van der Waals surface area contributed by atoms with Crippen LogP contribution < -0.4 is 10.6 Å². The largest absolute Gasteiger partial charge is 0.334 e. The maximum Gasteiger partial charge on any atom is 0.315 e. The zero-order chi connectivity index (χ0) is 16.8. The number of pyridine rings is 1. The number of amides is 2. The molecule has 2 aromatic heterocycles. The molecule has 0 fully saturated rings. The number of urea groups is 1. The quantitative estimate of drug-likeness (QED) is 0.745. The lowest BCUT2D eigenvalue weighted by Crippen LogP contribution is -2.34. The van der Waals surface area contributed by atoms with Crippen LogP contribution in [-0.4, -0.2) is 26.0 Å². The van der Waals surface area contributed by atoms with Gasteiger partial charge in [-0.1, -0.05) is 28.9 Å². The fraction of sp³-hybridized carbons (Fsp3) is 0.125. The van der Waals surface area contributed by atoms with E-state index < -0.39 is 0 Å². The van der Waals surface area contributed by atoms with Gasteiger partial charge >= 0.3 is 6.03 Å². The first-order chi connectivity index (χ1) is 11.7. The number of hydrogen-bond donors (Lipinski definition) is 2. The second-order valence-electron chi connectivity index (χ2n) is 5.03. The molecule has 0 aliphatic heterocycles. The van der Waals surface area contributed by atoms with Crippen LogP contribution in [0.4, 0.5) is 4.79 Å². The van der Waals surface area contributed by atoms with Gasteiger partial charge in [0.1, 0.15) is 5.69 Å². The molecule has 0 atom stereocenters. The van der Waals surface area contributed by atoms with E-state index in [0.717, 1.165) is 11.3 Å².